The van der Waals surface area contributed by atoms with E-state index in [1.54, 1.807) is 4.90 Å². The quantitative estimate of drug-likeness (QED) is 0.788. The molecule has 154 valence electrons. The maximum Gasteiger partial charge on any atom is 0.407 e. The number of fused-ring (bicyclic) bond motifs is 1. The zero-order valence-electron chi connectivity index (χ0n) is 18.2. The summed E-state index contributed by atoms with van der Waals surface area (Å²) in [5.74, 6) is 0. The molecule has 28 heavy (non-hydrogen) atoms. The SMILES string of the molecule is Cn1c([Si](C)(C)C)c(C[C@H]2C(C(C)(C)C)OCCN2C(=O)O)c2ccccc21. The number of hydrogen-bond donors (Lipinski definition) is 1. The summed E-state index contributed by atoms with van der Waals surface area (Å²) in [6, 6.07) is 8.30. The van der Waals surface area contributed by atoms with Crippen LogP contribution in [0.5, 0.6) is 0 Å². The van der Waals surface area contributed by atoms with Crippen LogP contribution < -0.4 is 5.32 Å². The van der Waals surface area contributed by atoms with E-state index in [4.69, 9.17) is 4.74 Å². The van der Waals surface area contributed by atoms with Gasteiger partial charge in [-0.3, -0.25) is 0 Å². The Balaban J connectivity index is 2.17. The van der Waals surface area contributed by atoms with Crippen molar-refractivity contribution in [1.29, 1.82) is 0 Å². The molecule has 1 aromatic carbocycles. The largest absolute Gasteiger partial charge is 0.465 e. The van der Waals surface area contributed by atoms with Gasteiger partial charge in [0.25, 0.3) is 0 Å². The summed E-state index contributed by atoms with van der Waals surface area (Å²) in [6.45, 7) is 14.4. The first kappa shape index (κ1) is 20.9. The summed E-state index contributed by atoms with van der Waals surface area (Å²) in [5, 5.41) is 12.5. The molecule has 0 bridgehead atoms. The normalized spacial score (nSPS) is 21.3. The van der Waals surface area contributed by atoms with Crippen LogP contribution in [0.4, 0.5) is 4.79 Å². The molecule has 5 nitrogen and oxygen atoms in total. The van der Waals surface area contributed by atoms with E-state index in [0.29, 0.717) is 19.6 Å². The van der Waals surface area contributed by atoms with Crippen molar-refractivity contribution in [2.24, 2.45) is 12.5 Å². The third kappa shape index (κ3) is 3.72. The van der Waals surface area contributed by atoms with Gasteiger partial charge in [-0.25, -0.2) is 4.79 Å². The summed E-state index contributed by atoms with van der Waals surface area (Å²) in [7, 11) is 0.495. The average molecular weight is 403 g/mol. The van der Waals surface area contributed by atoms with Gasteiger partial charge in [-0.1, -0.05) is 58.6 Å². The Hall–Kier alpha value is -1.79. The Labute approximate surface area is 169 Å². The van der Waals surface area contributed by atoms with Crippen molar-refractivity contribution in [2.45, 2.75) is 59.0 Å². The standard InChI is InChI=1S/C22H34N2O3Si/c1-22(2,3)19-18(24(21(25)26)12-13-27-19)14-16-15-10-8-9-11-17(15)23(4)20(16)28(5,6)7/h8-11,18-19H,12-14H2,1-7H3,(H,25,26)/t18-,19?/m0/s1. The average Bonchev–Trinajstić information content (AvgIpc) is 2.86. The van der Waals surface area contributed by atoms with E-state index in [-0.39, 0.29) is 17.6 Å². The van der Waals surface area contributed by atoms with Crippen molar-refractivity contribution in [3.8, 4) is 0 Å². The molecule has 1 fully saturated rings. The van der Waals surface area contributed by atoms with Gasteiger partial charge in [0.1, 0.15) is 0 Å². The Morgan fingerprint density at radius 1 is 1.25 bits per heavy atom. The molecule has 1 aromatic heterocycles. The van der Waals surface area contributed by atoms with Gasteiger partial charge < -0.3 is 19.3 Å². The van der Waals surface area contributed by atoms with Crippen molar-refractivity contribution in [1.82, 2.24) is 9.47 Å². The third-order valence-corrected chi connectivity index (χ3v) is 7.87. The molecular weight excluding hydrogens is 368 g/mol. The first-order valence-corrected chi connectivity index (χ1v) is 13.6. The van der Waals surface area contributed by atoms with Crippen LogP contribution in [-0.4, -0.2) is 54.0 Å². The van der Waals surface area contributed by atoms with Gasteiger partial charge in [0, 0.05) is 29.8 Å². The van der Waals surface area contributed by atoms with Crippen LogP contribution in [0.1, 0.15) is 26.3 Å². The van der Waals surface area contributed by atoms with Crippen LogP contribution in [-0.2, 0) is 18.2 Å². The van der Waals surface area contributed by atoms with E-state index >= 15 is 0 Å². The predicted molar refractivity (Wildman–Crippen MR) is 117 cm³/mol. The maximum atomic E-state index is 12.1. The molecule has 1 saturated heterocycles. The third-order valence-electron chi connectivity index (χ3n) is 5.81. The lowest BCUT2D eigenvalue weighted by molar-refractivity contribution is -0.107. The lowest BCUT2D eigenvalue weighted by Gasteiger charge is -2.45. The minimum atomic E-state index is -1.65. The molecule has 6 heteroatoms. The molecule has 3 rings (SSSR count). The minimum Gasteiger partial charge on any atom is -0.465 e. The number of carboxylic acid groups (broad SMARTS) is 1. The number of para-hydroxylation sites is 1. The van der Waals surface area contributed by atoms with Crippen molar-refractivity contribution >= 4 is 30.4 Å². The van der Waals surface area contributed by atoms with Crippen LogP contribution >= 0.6 is 0 Å². The fourth-order valence-electron chi connectivity index (χ4n) is 4.84. The molecule has 1 aliphatic rings. The number of aromatic nitrogens is 1. The highest BCUT2D eigenvalue weighted by Gasteiger charge is 2.42. The summed E-state index contributed by atoms with van der Waals surface area (Å²) in [4.78, 5) is 13.7. The van der Waals surface area contributed by atoms with Crippen molar-refractivity contribution in [3.63, 3.8) is 0 Å². The second kappa shape index (κ2) is 7.23. The molecule has 1 aliphatic heterocycles. The molecule has 0 spiro atoms. The van der Waals surface area contributed by atoms with Gasteiger partial charge in [0.15, 0.2) is 0 Å². The molecule has 1 amide bonds. The van der Waals surface area contributed by atoms with Crippen LogP contribution in [0.25, 0.3) is 10.9 Å². The number of ether oxygens (including phenoxy) is 1. The highest BCUT2D eigenvalue weighted by molar-refractivity contribution is 6.88. The van der Waals surface area contributed by atoms with Crippen molar-refractivity contribution in [2.75, 3.05) is 13.2 Å². The second-order valence-corrected chi connectivity index (χ2v) is 15.0. The van der Waals surface area contributed by atoms with E-state index in [2.05, 4.69) is 76.3 Å². The first-order valence-electron chi connectivity index (χ1n) is 10.1. The molecular formula is C22H34N2O3Si. The zero-order valence-corrected chi connectivity index (χ0v) is 19.2. The van der Waals surface area contributed by atoms with Crippen LogP contribution in [0, 0.1) is 5.41 Å². The van der Waals surface area contributed by atoms with Crippen LogP contribution in [0.2, 0.25) is 19.6 Å². The monoisotopic (exact) mass is 402 g/mol. The van der Waals surface area contributed by atoms with E-state index in [1.165, 1.54) is 21.8 Å². The van der Waals surface area contributed by atoms with Crippen LogP contribution in [0.3, 0.4) is 0 Å². The Kier molecular flexibility index (Phi) is 5.40. The number of rotatable bonds is 3. The van der Waals surface area contributed by atoms with Gasteiger partial charge in [-0.05, 0) is 23.5 Å². The summed E-state index contributed by atoms with van der Waals surface area (Å²) < 4.78 is 8.48. The number of hydrogen-bond acceptors (Lipinski definition) is 2. The van der Waals surface area contributed by atoms with E-state index in [9.17, 15) is 9.90 Å². The number of benzene rings is 1. The Bertz CT molecular complexity index is 876. The molecule has 0 saturated carbocycles. The van der Waals surface area contributed by atoms with Gasteiger partial charge in [-0.2, -0.15) is 0 Å². The molecule has 2 atom stereocenters. The topological polar surface area (TPSA) is 54.7 Å². The Morgan fingerprint density at radius 2 is 1.89 bits per heavy atom. The van der Waals surface area contributed by atoms with Gasteiger partial charge in [0.2, 0.25) is 0 Å². The highest BCUT2D eigenvalue weighted by atomic mass is 28.3. The number of nitrogens with zero attached hydrogens (tertiary/aromatic N) is 2. The van der Waals surface area contributed by atoms with E-state index in [0.717, 1.165) is 0 Å². The molecule has 0 aliphatic carbocycles. The van der Waals surface area contributed by atoms with Crippen molar-refractivity contribution in [3.05, 3.63) is 29.8 Å². The molecule has 2 aromatic rings. The van der Waals surface area contributed by atoms with Gasteiger partial charge >= 0.3 is 6.09 Å². The highest BCUT2D eigenvalue weighted by Crippen LogP contribution is 2.33. The number of morpholine rings is 1. The summed E-state index contributed by atoms with van der Waals surface area (Å²) in [5.41, 5.74) is 2.39. The fraction of sp³-hybridized carbons (Fsp3) is 0.591. The first-order chi connectivity index (χ1) is 12.9. The zero-order chi connectivity index (χ0) is 20.9. The lowest BCUT2D eigenvalue weighted by atomic mass is 9.81. The van der Waals surface area contributed by atoms with Gasteiger partial charge in [0.05, 0.1) is 26.8 Å². The molecule has 2 heterocycles. The summed E-state index contributed by atoms with van der Waals surface area (Å²) in [6.07, 6.45) is -0.294. The molecule has 1 N–H and O–H groups in total. The second-order valence-electron chi connectivity index (χ2n) is 10.1. The minimum absolute atomic E-state index is 0.134. The number of aryl methyl sites for hydroxylation is 1. The fourth-order valence-corrected chi connectivity index (χ4v) is 7.11. The molecule has 0 radical (unpaired) electrons. The summed E-state index contributed by atoms with van der Waals surface area (Å²) >= 11 is 0. The number of amides is 1. The van der Waals surface area contributed by atoms with Crippen LogP contribution in [0.15, 0.2) is 24.3 Å². The van der Waals surface area contributed by atoms with Gasteiger partial charge in [-0.15, -0.1) is 0 Å². The maximum absolute atomic E-state index is 12.1. The predicted octanol–water partition coefficient (Wildman–Crippen LogP) is 4.06. The van der Waals surface area contributed by atoms with E-state index in [1.807, 2.05) is 0 Å². The smallest absolute Gasteiger partial charge is 0.407 e. The number of carbonyl (C=O) groups is 1. The van der Waals surface area contributed by atoms with Crippen molar-refractivity contribution < 1.29 is 14.6 Å². The lowest BCUT2D eigenvalue weighted by Crippen LogP contribution is -2.59. The molecule has 1 unspecified atom stereocenters. The van der Waals surface area contributed by atoms with E-state index < -0.39 is 14.2 Å². The Morgan fingerprint density at radius 3 is 2.46 bits per heavy atom.